The molecule has 1 atom stereocenters. The van der Waals surface area contributed by atoms with Crippen LogP contribution >= 0.6 is 0 Å². The van der Waals surface area contributed by atoms with Crippen LogP contribution in [0.15, 0.2) is 54.6 Å². The monoisotopic (exact) mass is 398 g/mol. The predicted molar refractivity (Wildman–Crippen MR) is 112 cm³/mol. The van der Waals surface area contributed by atoms with E-state index in [2.05, 4.69) is 4.90 Å². The number of benzene rings is 2. The zero-order chi connectivity index (χ0) is 20.6. The fourth-order valence-electron chi connectivity index (χ4n) is 3.29. The second-order valence-electron chi connectivity index (χ2n) is 7.63. The number of para-hydroxylation sites is 1. The molecule has 1 fully saturated rings. The van der Waals surface area contributed by atoms with Crippen molar-refractivity contribution in [2.75, 3.05) is 39.3 Å². The first-order valence-corrected chi connectivity index (χ1v) is 10.2. The Morgan fingerprint density at radius 3 is 2.14 bits per heavy atom. The third-order valence-corrected chi connectivity index (χ3v) is 4.89. The highest BCUT2D eigenvalue weighted by Gasteiger charge is 2.24. The molecule has 1 aliphatic rings. The summed E-state index contributed by atoms with van der Waals surface area (Å²) in [6, 6.07) is 17.0. The zero-order valence-electron chi connectivity index (χ0n) is 17.2. The number of rotatable bonds is 8. The number of carbonyl (C=O) groups is 1. The predicted octanol–water partition coefficient (Wildman–Crippen LogP) is 3.02. The van der Waals surface area contributed by atoms with Crippen molar-refractivity contribution in [3.8, 4) is 17.2 Å². The van der Waals surface area contributed by atoms with Crippen molar-refractivity contribution in [3.05, 3.63) is 54.6 Å². The number of aliphatic hydroxyl groups excluding tert-OH is 1. The third-order valence-electron chi connectivity index (χ3n) is 4.89. The summed E-state index contributed by atoms with van der Waals surface area (Å²) in [5.74, 6) is 2.44. The maximum absolute atomic E-state index is 12.0. The van der Waals surface area contributed by atoms with Crippen molar-refractivity contribution in [2.45, 2.75) is 20.0 Å². The van der Waals surface area contributed by atoms with Gasteiger partial charge in [-0.1, -0.05) is 32.0 Å². The van der Waals surface area contributed by atoms with Gasteiger partial charge in [0.1, 0.15) is 30.0 Å². The molecule has 6 nitrogen and oxygen atoms in total. The Bertz CT molecular complexity index is 756. The van der Waals surface area contributed by atoms with E-state index in [4.69, 9.17) is 9.47 Å². The lowest BCUT2D eigenvalue weighted by atomic mass is 10.1. The highest BCUT2D eigenvalue weighted by molar-refractivity contribution is 5.78. The van der Waals surface area contributed by atoms with Gasteiger partial charge in [0.15, 0.2) is 0 Å². The topological polar surface area (TPSA) is 62.2 Å². The lowest BCUT2D eigenvalue weighted by molar-refractivity contribution is -0.136. The molecule has 1 amide bonds. The SMILES string of the molecule is CC(C)C(=O)N1CCN(CC(O)COc2ccc(Oc3ccccc3)cc2)CC1. The lowest BCUT2D eigenvalue weighted by Crippen LogP contribution is -2.51. The Morgan fingerprint density at radius 2 is 1.52 bits per heavy atom. The molecule has 6 heteroatoms. The molecule has 0 bridgehead atoms. The van der Waals surface area contributed by atoms with Crippen LogP contribution in [-0.2, 0) is 4.79 Å². The van der Waals surface area contributed by atoms with E-state index < -0.39 is 6.10 Å². The Morgan fingerprint density at radius 1 is 0.931 bits per heavy atom. The molecule has 0 spiro atoms. The van der Waals surface area contributed by atoms with E-state index in [1.807, 2.05) is 73.3 Å². The standard InChI is InChI=1S/C23H30N2O4/c1-18(2)23(27)25-14-12-24(13-15-25)16-19(26)17-28-20-8-10-22(11-9-20)29-21-6-4-3-5-7-21/h3-11,18-19,26H,12-17H2,1-2H3. The highest BCUT2D eigenvalue weighted by atomic mass is 16.5. The van der Waals surface area contributed by atoms with Gasteiger partial charge in [0, 0.05) is 38.6 Å². The molecule has 2 aromatic rings. The number of carbonyl (C=O) groups excluding carboxylic acids is 1. The Labute approximate surface area is 172 Å². The summed E-state index contributed by atoms with van der Waals surface area (Å²) in [6.45, 7) is 7.61. The highest BCUT2D eigenvalue weighted by Crippen LogP contribution is 2.23. The van der Waals surface area contributed by atoms with Crippen LogP contribution in [0.3, 0.4) is 0 Å². The number of amides is 1. The van der Waals surface area contributed by atoms with Crippen LogP contribution in [0, 0.1) is 5.92 Å². The molecular formula is C23H30N2O4. The van der Waals surface area contributed by atoms with E-state index in [0.29, 0.717) is 25.4 Å². The van der Waals surface area contributed by atoms with Crippen LogP contribution in [0.5, 0.6) is 17.2 Å². The fraction of sp³-hybridized carbons (Fsp3) is 0.435. The summed E-state index contributed by atoms with van der Waals surface area (Å²) in [7, 11) is 0. The third kappa shape index (κ3) is 6.48. The van der Waals surface area contributed by atoms with Gasteiger partial charge in [0.05, 0.1) is 0 Å². The van der Waals surface area contributed by atoms with Crippen LogP contribution in [0.1, 0.15) is 13.8 Å². The van der Waals surface area contributed by atoms with E-state index in [0.717, 1.165) is 24.6 Å². The smallest absolute Gasteiger partial charge is 0.225 e. The second kappa shape index (κ2) is 10.3. The number of hydrogen-bond acceptors (Lipinski definition) is 5. The van der Waals surface area contributed by atoms with Gasteiger partial charge in [-0.15, -0.1) is 0 Å². The largest absolute Gasteiger partial charge is 0.491 e. The van der Waals surface area contributed by atoms with Crippen LogP contribution in [0.2, 0.25) is 0 Å². The normalized spacial score (nSPS) is 15.9. The Hall–Kier alpha value is -2.57. The van der Waals surface area contributed by atoms with Crippen molar-refractivity contribution in [1.82, 2.24) is 9.80 Å². The maximum atomic E-state index is 12.0. The summed E-state index contributed by atoms with van der Waals surface area (Å²) in [5.41, 5.74) is 0. The molecule has 29 heavy (non-hydrogen) atoms. The van der Waals surface area contributed by atoms with Crippen molar-refractivity contribution in [1.29, 1.82) is 0 Å². The van der Waals surface area contributed by atoms with E-state index >= 15 is 0 Å². The number of hydrogen-bond donors (Lipinski definition) is 1. The van der Waals surface area contributed by atoms with Gasteiger partial charge in [-0.05, 0) is 36.4 Å². The van der Waals surface area contributed by atoms with Crippen molar-refractivity contribution >= 4 is 5.91 Å². The molecule has 0 radical (unpaired) electrons. The number of β-amino-alcohol motifs (C(OH)–C–C–N with tert-alkyl or cyclic N) is 1. The molecule has 1 N–H and O–H groups in total. The summed E-state index contributed by atoms with van der Waals surface area (Å²) >= 11 is 0. The minimum atomic E-state index is -0.581. The van der Waals surface area contributed by atoms with Gasteiger partial charge in [-0.3, -0.25) is 9.69 Å². The summed E-state index contributed by atoms with van der Waals surface area (Å²) in [6.07, 6.45) is -0.581. The minimum Gasteiger partial charge on any atom is -0.491 e. The number of ether oxygens (including phenoxy) is 2. The van der Waals surface area contributed by atoms with Crippen molar-refractivity contribution in [3.63, 3.8) is 0 Å². The maximum Gasteiger partial charge on any atom is 0.225 e. The van der Waals surface area contributed by atoms with Crippen LogP contribution < -0.4 is 9.47 Å². The van der Waals surface area contributed by atoms with Crippen molar-refractivity contribution < 1.29 is 19.4 Å². The van der Waals surface area contributed by atoms with Gasteiger partial charge in [-0.2, -0.15) is 0 Å². The molecule has 1 unspecified atom stereocenters. The molecule has 1 saturated heterocycles. The average Bonchev–Trinajstić information content (AvgIpc) is 2.74. The molecule has 1 heterocycles. The van der Waals surface area contributed by atoms with Gasteiger partial charge in [0.2, 0.25) is 5.91 Å². The quantitative estimate of drug-likeness (QED) is 0.741. The summed E-state index contributed by atoms with van der Waals surface area (Å²) < 4.78 is 11.5. The van der Waals surface area contributed by atoms with Gasteiger partial charge < -0.3 is 19.5 Å². The van der Waals surface area contributed by atoms with Gasteiger partial charge in [0.25, 0.3) is 0 Å². The van der Waals surface area contributed by atoms with Crippen LogP contribution in [0.25, 0.3) is 0 Å². The first-order chi connectivity index (χ1) is 14.0. The first-order valence-electron chi connectivity index (χ1n) is 10.2. The summed E-state index contributed by atoms with van der Waals surface area (Å²) in [5, 5.41) is 10.3. The average molecular weight is 399 g/mol. The van der Waals surface area contributed by atoms with E-state index in [9.17, 15) is 9.90 Å². The zero-order valence-corrected chi connectivity index (χ0v) is 17.2. The van der Waals surface area contributed by atoms with Crippen LogP contribution in [-0.4, -0.2) is 66.2 Å². The molecule has 0 aliphatic carbocycles. The van der Waals surface area contributed by atoms with Crippen LogP contribution in [0.4, 0.5) is 0 Å². The molecule has 156 valence electrons. The first kappa shape index (κ1) is 21.1. The molecule has 2 aromatic carbocycles. The Kier molecular flexibility index (Phi) is 7.49. The van der Waals surface area contributed by atoms with E-state index in [-0.39, 0.29) is 18.4 Å². The van der Waals surface area contributed by atoms with Gasteiger partial charge in [-0.25, -0.2) is 0 Å². The number of piperazine rings is 1. The minimum absolute atomic E-state index is 0.0324. The molecule has 3 rings (SSSR count). The molecular weight excluding hydrogens is 368 g/mol. The molecule has 0 saturated carbocycles. The lowest BCUT2D eigenvalue weighted by Gasteiger charge is -2.36. The summed E-state index contributed by atoms with van der Waals surface area (Å²) in [4.78, 5) is 16.1. The van der Waals surface area contributed by atoms with E-state index in [1.54, 1.807) is 0 Å². The van der Waals surface area contributed by atoms with Crippen molar-refractivity contribution in [2.24, 2.45) is 5.92 Å². The molecule has 1 aliphatic heterocycles. The fourth-order valence-corrected chi connectivity index (χ4v) is 3.29. The van der Waals surface area contributed by atoms with Gasteiger partial charge >= 0.3 is 0 Å². The Balaban J connectivity index is 1.38. The second-order valence-corrected chi connectivity index (χ2v) is 7.63. The number of nitrogens with zero attached hydrogens (tertiary/aromatic N) is 2. The number of aliphatic hydroxyl groups is 1. The van der Waals surface area contributed by atoms with E-state index in [1.165, 1.54) is 0 Å². The molecule has 0 aromatic heterocycles.